The molecule has 0 saturated carbocycles. The number of amides is 2. The van der Waals surface area contributed by atoms with Gasteiger partial charge in [-0.3, -0.25) is 9.59 Å². The Kier molecular flexibility index (Phi) is 18.1. The highest BCUT2D eigenvalue weighted by Gasteiger charge is 2.34. The molecule has 0 aromatic heterocycles. The third-order valence-corrected chi connectivity index (χ3v) is 6.62. The van der Waals surface area contributed by atoms with E-state index in [9.17, 15) is 19.2 Å². The smallest absolute Gasteiger partial charge is 0.328 e. The number of ether oxygens (including phenoxy) is 1. The van der Waals surface area contributed by atoms with Gasteiger partial charge >= 0.3 is 5.97 Å². The standard InChI is InChI=1S/C30H39N3O5.C4H10O/c1-21(2)16-26(30(37)38-19-24-14-10-7-11-15-24)32-28(35)27(17-22(3)4)33(5)29(36)25(31-20-34)18-23-12-8-6-9-13-23;1-2-3-4-5/h6-15,21-22,25-27H,16-19H2,1-5H3,(H,32,35);5H,2-4H2,1H3. The monoisotopic (exact) mass is 595 g/mol. The van der Waals surface area contributed by atoms with Gasteiger partial charge in [0.2, 0.25) is 17.9 Å². The zero-order valence-electron chi connectivity index (χ0n) is 26.5. The topological polar surface area (TPSA) is 125 Å². The second kappa shape index (κ2) is 21.0. The normalized spacial score (nSPS) is 12.7. The maximum absolute atomic E-state index is 13.5. The molecule has 0 fully saturated rings. The van der Waals surface area contributed by atoms with Crippen LogP contribution in [0.1, 0.15) is 71.4 Å². The van der Waals surface area contributed by atoms with Crippen LogP contribution in [-0.4, -0.2) is 65.7 Å². The molecule has 0 radical (unpaired) electrons. The van der Waals surface area contributed by atoms with Crippen LogP contribution in [0.15, 0.2) is 65.7 Å². The molecule has 43 heavy (non-hydrogen) atoms. The maximum Gasteiger partial charge on any atom is 0.328 e. The summed E-state index contributed by atoms with van der Waals surface area (Å²) in [5.74, 6) is -1.25. The van der Waals surface area contributed by atoms with Crippen molar-refractivity contribution in [3.63, 3.8) is 0 Å². The largest absolute Gasteiger partial charge is 0.459 e. The van der Waals surface area contributed by atoms with Crippen molar-refractivity contribution in [2.45, 2.75) is 91.5 Å². The van der Waals surface area contributed by atoms with E-state index in [-0.39, 0.29) is 24.9 Å². The molecule has 2 aromatic rings. The van der Waals surface area contributed by atoms with E-state index < -0.39 is 35.9 Å². The number of carbonyl (C=O) groups excluding carboxylic acids is 4. The summed E-state index contributed by atoms with van der Waals surface area (Å²) in [6, 6.07) is 15.8. The third kappa shape index (κ3) is 14.8. The summed E-state index contributed by atoms with van der Waals surface area (Å²) in [5, 5.41) is 10.9. The predicted molar refractivity (Wildman–Crippen MR) is 168 cm³/mol. The van der Waals surface area contributed by atoms with Crippen LogP contribution in [-0.2, 0) is 36.9 Å². The molecule has 0 aliphatic heterocycles. The summed E-state index contributed by atoms with van der Waals surface area (Å²) < 4.78 is 5.51. The summed E-state index contributed by atoms with van der Waals surface area (Å²) >= 11 is 0. The van der Waals surface area contributed by atoms with Crippen LogP contribution in [0.5, 0.6) is 0 Å². The first-order valence-corrected chi connectivity index (χ1v) is 15.0. The van der Waals surface area contributed by atoms with Crippen LogP contribution in [0.3, 0.4) is 0 Å². The highest BCUT2D eigenvalue weighted by atomic mass is 16.5. The number of hydrogen-bond acceptors (Lipinski definition) is 7. The van der Waals surface area contributed by atoms with Gasteiger partial charge in [0.1, 0.15) is 24.7 Å². The molecule has 0 saturated heterocycles. The van der Waals surface area contributed by atoms with Gasteiger partial charge in [-0.1, -0.05) is 102 Å². The number of hydrogen-bond donors (Lipinski definition) is 2. The van der Waals surface area contributed by atoms with Crippen molar-refractivity contribution >= 4 is 23.9 Å². The summed E-state index contributed by atoms with van der Waals surface area (Å²) in [5.41, 5.74) is 1.68. The minimum Gasteiger partial charge on any atom is -0.459 e. The van der Waals surface area contributed by atoms with Crippen molar-refractivity contribution in [1.82, 2.24) is 10.2 Å². The van der Waals surface area contributed by atoms with Gasteiger partial charge in [-0.25, -0.2) is 9.59 Å². The van der Waals surface area contributed by atoms with Crippen LogP contribution in [0.2, 0.25) is 0 Å². The van der Waals surface area contributed by atoms with E-state index in [0.717, 1.165) is 24.0 Å². The van der Waals surface area contributed by atoms with Crippen molar-refractivity contribution in [3.05, 3.63) is 71.8 Å². The number of benzene rings is 2. The minimum atomic E-state index is -1.01. The van der Waals surface area contributed by atoms with E-state index in [2.05, 4.69) is 17.2 Å². The lowest BCUT2D eigenvalue weighted by atomic mass is 9.98. The summed E-state index contributed by atoms with van der Waals surface area (Å²) in [6.45, 7) is 10.3. The number of aliphatic hydroxyl groups excluding tert-OH is 1. The van der Waals surface area contributed by atoms with Gasteiger partial charge in [-0.05, 0) is 42.2 Å². The lowest BCUT2D eigenvalue weighted by molar-refractivity contribution is -0.150. The van der Waals surface area contributed by atoms with Crippen LogP contribution < -0.4 is 5.32 Å². The van der Waals surface area contributed by atoms with E-state index in [1.807, 2.05) is 88.4 Å². The highest BCUT2D eigenvalue weighted by Crippen LogP contribution is 2.17. The van der Waals surface area contributed by atoms with Gasteiger partial charge in [-0.15, -0.1) is 0 Å². The molecule has 2 rings (SSSR count). The molecule has 3 atom stereocenters. The highest BCUT2D eigenvalue weighted by molar-refractivity contribution is 5.92. The molecule has 0 heterocycles. The Labute approximate surface area is 256 Å². The van der Waals surface area contributed by atoms with Crippen molar-refractivity contribution < 1.29 is 29.0 Å². The number of nitrogens with one attached hydrogen (secondary N) is 1. The van der Waals surface area contributed by atoms with Gasteiger partial charge in [0, 0.05) is 20.1 Å². The van der Waals surface area contributed by atoms with E-state index in [4.69, 9.17) is 9.84 Å². The van der Waals surface area contributed by atoms with Gasteiger partial charge in [0.25, 0.3) is 0 Å². The van der Waals surface area contributed by atoms with Crippen LogP contribution in [0.4, 0.5) is 0 Å². The van der Waals surface area contributed by atoms with Gasteiger partial charge < -0.3 is 20.1 Å². The Balaban J connectivity index is 0.00000170. The first-order valence-electron chi connectivity index (χ1n) is 15.0. The van der Waals surface area contributed by atoms with Gasteiger partial charge in [-0.2, -0.15) is 4.99 Å². The molecule has 2 aromatic carbocycles. The number of rotatable bonds is 16. The Hall–Kier alpha value is -3.81. The molecule has 236 valence electrons. The third-order valence-electron chi connectivity index (χ3n) is 6.62. The summed E-state index contributed by atoms with van der Waals surface area (Å²) in [7, 11) is 1.53. The zero-order chi connectivity index (χ0) is 32.2. The fourth-order valence-corrected chi connectivity index (χ4v) is 4.31. The summed E-state index contributed by atoms with van der Waals surface area (Å²) in [6.07, 6.45) is 4.49. The van der Waals surface area contributed by atoms with E-state index in [0.29, 0.717) is 19.4 Å². The predicted octanol–water partition coefficient (Wildman–Crippen LogP) is 4.86. The molecule has 9 heteroatoms. The van der Waals surface area contributed by atoms with Crippen LogP contribution >= 0.6 is 0 Å². The Morgan fingerprint density at radius 1 is 0.930 bits per heavy atom. The Morgan fingerprint density at radius 3 is 1.95 bits per heavy atom. The fraction of sp³-hybridized carbons (Fsp3) is 0.529. The molecule has 0 bridgehead atoms. The average Bonchev–Trinajstić information content (AvgIpc) is 2.98. The van der Waals surface area contributed by atoms with E-state index >= 15 is 0 Å². The average molecular weight is 596 g/mol. The van der Waals surface area contributed by atoms with Crippen LogP contribution in [0.25, 0.3) is 0 Å². The van der Waals surface area contributed by atoms with E-state index in [1.165, 1.54) is 18.0 Å². The second-order valence-corrected chi connectivity index (χ2v) is 11.4. The molecule has 0 aliphatic rings. The first-order chi connectivity index (χ1) is 20.5. The number of aliphatic imine (C=N–C) groups is 1. The molecule has 9 nitrogen and oxygen atoms in total. The molecular weight excluding hydrogens is 546 g/mol. The molecule has 2 amide bonds. The number of unbranched alkanes of at least 4 members (excludes halogenated alkanes) is 1. The van der Waals surface area contributed by atoms with Crippen LogP contribution in [0, 0.1) is 11.8 Å². The van der Waals surface area contributed by atoms with Gasteiger partial charge in [0.15, 0.2) is 0 Å². The fourth-order valence-electron chi connectivity index (χ4n) is 4.31. The number of aliphatic hydroxyl groups is 1. The Bertz CT molecular complexity index is 1130. The number of nitrogens with zero attached hydrogens (tertiary/aromatic N) is 2. The lowest BCUT2D eigenvalue weighted by Crippen LogP contribution is -2.54. The van der Waals surface area contributed by atoms with Crippen molar-refractivity contribution in [3.8, 4) is 0 Å². The molecule has 2 N–H and O–H groups in total. The van der Waals surface area contributed by atoms with Crippen molar-refractivity contribution in [1.29, 1.82) is 0 Å². The second-order valence-electron chi connectivity index (χ2n) is 11.4. The van der Waals surface area contributed by atoms with E-state index in [1.54, 1.807) is 0 Å². The number of isocyanates is 1. The van der Waals surface area contributed by atoms with Crippen molar-refractivity contribution in [2.24, 2.45) is 16.8 Å². The molecule has 0 aliphatic carbocycles. The maximum atomic E-state index is 13.5. The zero-order valence-corrected chi connectivity index (χ0v) is 26.5. The number of likely N-dealkylation sites (N-methyl/N-ethyl adjacent to an activating group) is 1. The first kappa shape index (κ1) is 37.2. The van der Waals surface area contributed by atoms with Crippen molar-refractivity contribution in [2.75, 3.05) is 13.7 Å². The molecule has 0 spiro atoms. The quantitative estimate of drug-likeness (QED) is 0.162. The molecular formula is C34H49N3O6. The van der Waals surface area contributed by atoms with Gasteiger partial charge in [0.05, 0.1) is 0 Å². The minimum absolute atomic E-state index is 0.0803. The summed E-state index contributed by atoms with van der Waals surface area (Å²) in [4.78, 5) is 56.0. The number of esters is 1. The molecule has 3 unspecified atom stereocenters. The Morgan fingerprint density at radius 2 is 1.49 bits per heavy atom. The lowest BCUT2D eigenvalue weighted by Gasteiger charge is -2.31. The number of carbonyl (C=O) groups is 3. The SMILES string of the molecule is CC(C)CC(NC(=O)C(CC(C)C)N(C)C(=O)C(Cc1ccccc1)N=C=O)C(=O)OCc1ccccc1.CCCCO.